The summed E-state index contributed by atoms with van der Waals surface area (Å²) in [5.74, 6) is -0.400. The zero-order valence-corrected chi connectivity index (χ0v) is 23.1. The Labute approximate surface area is 228 Å². The maximum atomic E-state index is 13.5. The molecule has 5 rings (SSSR count). The van der Waals surface area contributed by atoms with Gasteiger partial charge in [0.05, 0.1) is 18.3 Å². The summed E-state index contributed by atoms with van der Waals surface area (Å²) in [5, 5.41) is 10.5. The second-order valence-electron chi connectivity index (χ2n) is 9.03. The number of carbonyl (C=O) groups excluding carboxylic acids is 1. The number of nitrogens with zero attached hydrogens (tertiary/aromatic N) is 5. The fourth-order valence-electron chi connectivity index (χ4n) is 4.73. The summed E-state index contributed by atoms with van der Waals surface area (Å²) in [7, 11) is -8.27. The van der Waals surface area contributed by atoms with Gasteiger partial charge in [0.25, 0.3) is 15.9 Å². The molecule has 4 heterocycles. The molecule has 0 spiro atoms. The molecular weight excluding hydrogens is 576 g/mol. The molecule has 1 aromatic carbocycles. The summed E-state index contributed by atoms with van der Waals surface area (Å²) < 4.78 is 61.5. The highest BCUT2D eigenvalue weighted by Gasteiger charge is 2.38. The van der Waals surface area contributed by atoms with E-state index in [1.165, 1.54) is 10.4 Å². The molecule has 16 heteroatoms. The lowest BCUT2D eigenvalue weighted by Gasteiger charge is -2.40. The van der Waals surface area contributed by atoms with Crippen molar-refractivity contribution in [2.45, 2.75) is 36.9 Å². The van der Waals surface area contributed by atoms with E-state index in [4.69, 9.17) is 16.9 Å². The van der Waals surface area contributed by atoms with Crippen LogP contribution in [0.15, 0.2) is 29.3 Å². The Hall–Kier alpha value is -2.58. The van der Waals surface area contributed by atoms with E-state index in [9.17, 15) is 26.2 Å². The Kier molecular flexibility index (Phi) is 7.24. The number of piperazine rings is 1. The van der Waals surface area contributed by atoms with Crippen LogP contribution in [0.4, 0.5) is 0 Å². The number of hydrogen-bond acceptors (Lipinski definition) is 8. The number of rotatable bonds is 6. The molecule has 1 saturated heterocycles. The Bertz CT molecular complexity index is 1660. The van der Waals surface area contributed by atoms with Crippen molar-refractivity contribution >= 4 is 60.1 Å². The van der Waals surface area contributed by atoms with Crippen LogP contribution in [-0.2, 0) is 33.3 Å². The molecule has 2 aliphatic heterocycles. The molecule has 1 atom stereocenters. The first-order valence-corrected chi connectivity index (χ1v) is 15.7. The van der Waals surface area contributed by atoms with Crippen molar-refractivity contribution < 1.29 is 26.2 Å². The van der Waals surface area contributed by atoms with Gasteiger partial charge in [-0.25, -0.2) is 13.4 Å². The van der Waals surface area contributed by atoms with E-state index in [0.717, 1.165) is 15.6 Å². The zero-order chi connectivity index (χ0) is 27.2. The number of amides is 1. The van der Waals surface area contributed by atoms with Gasteiger partial charge in [0.1, 0.15) is 5.03 Å². The Morgan fingerprint density at radius 2 is 2.00 bits per heavy atom. The van der Waals surface area contributed by atoms with Gasteiger partial charge in [0.2, 0.25) is 0 Å². The SMILES string of the molecule is N#CCCC1CN(S(=O)(=O)c2cc3cc(Cl)ccc3[nH]2)CCN1C(=O)c1nc2c(s1)CN(S(=O)(=O)O)CC2. The molecule has 2 aromatic heterocycles. The van der Waals surface area contributed by atoms with Crippen LogP contribution in [0.1, 0.15) is 33.2 Å². The van der Waals surface area contributed by atoms with E-state index >= 15 is 0 Å². The first kappa shape index (κ1) is 27.0. The van der Waals surface area contributed by atoms with Crippen molar-refractivity contribution in [1.82, 2.24) is 23.5 Å². The van der Waals surface area contributed by atoms with Crippen LogP contribution in [0, 0.1) is 11.3 Å². The normalized spacial score (nSPS) is 19.4. The lowest BCUT2D eigenvalue weighted by molar-refractivity contribution is 0.0552. The number of nitriles is 1. The molecule has 2 aliphatic rings. The van der Waals surface area contributed by atoms with Crippen LogP contribution in [0.5, 0.6) is 0 Å². The molecule has 0 radical (unpaired) electrons. The number of thiazole rings is 1. The summed E-state index contributed by atoms with van der Waals surface area (Å²) >= 11 is 7.09. The molecule has 202 valence electrons. The van der Waals surface area contributed by atoms with E-state index in [0.29, 0.717) is 26.5 Å². The van der Waals surface area contributed by atoms with E-state index in [1.807, 2.05) is 0 Å². The monoisotopic (exact) mass is 598 g/mol. The fourth-order valence-corrected chi connectivity index (χ4v) is 8.17. The van der Waals surface area contributed by atoms with Gasteiger partial charge < -0.3 is 9.88 Å². The maximum Gasteiger partial charge on any atom is 0.336 e. The van der Waals surface area contributed by atoms with Gasteiger partial charge >= 0.3 is 10.3 Å². The molecule has 12 nitrogen and oxygen atoms in total. The number of benzene rings is 1. The minimum atomic E-state index is -4.36. The number of aromatic amines is 1. The highest BCUT2D eigenvalue weighted by molar-refractivity contribution is 7.89. The fraction of sp³-hybridized carbons (Fsp3) is 0.409. The molecule has 0 saturated carbocycles. The minimum Gasteiger partial charge on any atom is -0.345 e. The Morgan fingerprint density at radius 1 is 1.21 bits per heavy atom. The van der Waals surface area contributed by atoms with Crippen LogP contribution in [-0.4, -0.2) is 83.0 Å². The largest absolute Gasteiger partial charge is 0.345 e. The van der Waals surface area contributed by atoms with Gasteiger partial charge in [-0.3, -0.25) is 9.35 Å². The first-order chi connectivity index (χ1) is 18.0. The lowest BCUT2D eigenvalue weighted by Crippen LogP contribution is -2.56. The number of aromatic nitrogens is 2. The van der Waals surface area contributed by atoms with Gasteiger partial charge in [-0.05, 0) is 30.7 Å². The standard InChI is InChI=1S/C22H23ClN6O6S3/c23-15-3-4-17-14(10-15)11-20(25-17)37(31,32)27-8-9-29(16(12-27)2-1-6-24)22(30)21-26-18-5-7-28(38(33,34)35)13-19(18)36-21/h3-4,10-11,16,25H,1-2,5,7-9,12-13H2,(H,33,34,35). The number of nitrogens with one attached hydrogen (secondary N) is 1. The molecular formula is C22H23ClN6O6S3. The molecule has 1 unspecified atom stereocenters. The second kappa shape index (κ2) is 10.2. The van der Waals surface area contributed by atoms with E-state index < -0.39 is 32.3 Å². The smallest absolute Gasteiger partial charge is 0.336 e. The summed E-state index contributed by atoms with van der Waals surface area (Å²) in [4.78, 5) is 22.9. The molecule has 1 fully saturated rings. The van der Waals surface area contributed by atoms with Crippen molar-refractivity contribution in [3.05, 3.63) is 44.9 Å². The molecule has 0 aliphatic carbocycles. The number of sulfonamides is 1. The molecule has 38 heavy (non-hydrogen) atoms. The Balaban J connectivity index is 1.37. The predicted octanol–water partition coefficient (Wildman–Crippen LogP) is 2.26. The maximum absolute atomic E-state index is 13.5. The van der Waals surface area contributed by atoms with Crippen LogP contribution in [0.25, 0.3) is 10.9 Å². The molecule has 0 bridgehead atoms. The third-order valence-electron chi connectivity index (χ3n) is 6.68. The van der Waals surface area contributed by atoms with E-state index in [2.05, 4.69) is 16.0 Å². The van der Waals surface area contributed by atoms with Gasteiger partial charge in [-0.1, -0.05) is 11.6 Å². The molecule has 2 N–H and O–H groups in total. The highest BCUT2D eigenvalue weighted by Crippen LogP contribution is 2.30. The number of carbonyl (C=O) groups is 1. The minimum absolute atomic E-state index is 0.00744. The Morgan fingerprint density at radius 3 is 2.74 bits per heavy atom. The van der Waals surface area contributed by atoms with Gasteiger partial charge in [0, 0.05) is 65.9 Å². The lowest BCUT2D eigenvalue weighted by atomic mass is 10.1. The number of H-pyrrole nitrogens is 1. The number of hydrogen-bond donors (Lipinski definition) is 2. The van der Waals surface area contributed by atoms with Crippen molar-refractivity contribution in [2.24, 2.45) is 0 Å². The van der Waals surface area contributed by atoms with Crippen LogP contribution in [0.3, 0.4) is 0 Å². The third kappa shape index (κ3) is 5.17. The van der Waals surface area contributed by atoms with Gasteiger partial charge in [-0.15, -0.1) is 11.3 Å². The molecule has 1 amide bonds. The van der Waals surface area contributed by atoms with E-state index in [-0.39, 0.29) is 62.0 Å². The van der Waals surface area contributed by atoms with Crippen molar-refractivity contribution in [3.8, 4) is 6.07 Å². The van der Waals surface area contributed by atoms with Gasteiger partial charge in [0.15, 0.2) is 5.01 Å². The summed E-state index contributed by atoms with van der Waals surface area (Å²) in [5.41, 5.74) is 1.23. The quantitative estimate of drug-likeness (QED) is 0.407. The van der Waals surface area contributed by atoms with Gasteiger partial charge in [-0.2, -0.15) is 22.3 Å². The van der Waals surface area contributed by atoms with Crippen molar-refractivity contribution in [1.29, 1.82) is 5.26 Å². The average Bonchev–Trinajstić information content (AvgIpc) is 3.50. The summed E-state index contributed by atoms with van der Waals surface area (Å²) in [6, 6.07) is 8.05. The van der Waals surface area contributed by atoms with E-state index in [1.54, 1.807) is 23.1 Å². The van der Waals surface area contributed by atoms with Crippen molar-refractivity contribution in [2.75, 3.05) is 26.2 Å². The third-order valence-corrected chi connectivity index (χ3v) is 10.7. The van der Waals surface area contributed by atoms with Crippen LogP contribution >= 0.6 is 22.9 Å². The second-order valence-corrected chi connectivity index (χ2v) is 13.9. The van der Waals surface area contributed by atoms with Crippen LogP contribution < -0.4 is 0 Å². The van der Waals surface area contributed by atoms with Crippen LogP contribution in [0.2, 0.25) is 5.02 Å². The number of halogens is 1. The summed E-state index contributed by atoms with van der Waals surface area (Å²) in [6.07, 6.45) is 0.668. The highest BCUT2D eigenvalue weighted by atomic mass is 35.5. The van der Waals surface area contributed by atoms with Crippen molar-refractivity contribution in [3.63, 3.8) is 0 Å². The first-order valence-electron chi connectivity index (χ1n) is 11.6. The summed E-state index contributed by atoms with van der Waals surface area (Å²) in [6.45, 7) is 0.146. The topological polar surface area (TPSA) is 168 Å². The average molecular weight is 599 g/mol. The molecule has 3 aromatic rings. The number of fused-ring (bicyclic) bond motifs is 2. The predicted molar refractivity (Wildman–Crippen MR) is 140 cm³/mol. The zero-order valence-electron chi connectivity index (χ0n) is 19.9.